The highest BCUT2D eigenvalue weighted by Gasteiger charge is 2.22. The smallest absolute Gasteiger partial charge is 0.249 e. The van der Waals surface area contributed by atoms with Crippen LogP contribution in [0, 0.1) is 5.92 Å². The molecule has 0 saturated heterocycles. The van der Waals surface area contributed by atoms with Gasteiger partial charge in [0.1, 0.15) is 0 Å². The number of hydrogen-bond acceptors (Lipinski definition) is 4. The number of amides is 1. The number of hydrogen-bond donors (Lipinski definition) is 0. The fourth-order valence-electron chi connectivity index (χ4n) is 3.71. The van der Waals surface area contributed by atoms with Crippen molar-refractivity contribution < 1.29 is 9.21 Å². The van der Waals surface area contributed by atoms with Crippen molar-refractivity contribution >= 4 is 17.5 Å². The molecule has 1 amide bonds. The highest BCUT2D eigenvalue weighted by atomic mass is 35.5. The third-order valence-electron chi connectivity index (χ3n) is 5.31. The van der Waals surface area contributed by atoms with Gasteiger partial charge in [-0.05, 0) is 38.3 Å². The molecule has 1 saturated carbocycles. The number of carbonyl (C=O) groups excluding carboxylic acids is 1. The summed E-state index contributed by atoms with van der Waals surface area (Å²) in [7, 11) is 0. The lowest BCUT2D eigenvalue weighted by Crippen LogP contribution is -2.36. The molecular weight excluding hydrogens is 362 g/mol. The fourth-order valence-corrected chi connectivity index (χ4v) is 3.93. The molecule has 1 aliphatic rings. The van der Waals surface area contributed by atoms with Crippen LogP contribution in [0.15, 0.2) is 28.7 Å². The van der Waals surface area contributed by atoms with Gasteiger partial charge in [0.15, 0.2) is 0 Å². The van der Waals surface area contributed by atoms with E-state index in [0.29, 0.717) is 41.3 Å². The number of rotatable bonds is 7. The minimum atomic E-state index is 0.0829. The number of carbonyl (C=O) groups is 1. The molecular formula is C21H28ClN3O2. The van der Waals surface area contributed by atoms with Gasteiger partial charge in [-0.15, -0.1) is 10.2 Å². The Hall–Kier alpha value is -1.88. The van der Waals surface area contributed by atoms with Crippen molar-refractivity contribution in [2.75, 3.05) is 0 Å². The van der Waals surface area contributed by atoms with Gasteiger partial charge < -0.3 is 9.32 Å². The van der Waals surface area contributed by atoms with Gasteiger partial charge in [0, 0.05) is 12.5 Å². The van der Waals surface area contributed by atoms with Crippen molar-refractivity contribution in [3.05, 3.63) is 35.2 Å². The first kappa shape index (κ1) is 19.9. The third kappa shape index (κ3) is 5.32. The maximum Gasteiger partial charge on any atom is 0.249 e. The number of benzene rings is 1. The standard InChI is InChI=1S/C21H28ClN3O2/c1-15(2)25(20(26)13-12-16-8-4-3-5-9-16)14-19-23-24-21(27-19)17-10-6-7-11-18(17)22/h6-7,10-11,15-16H,3-5,8-9,12-14H2,1-2H3. The molecule has 3 rings (SSSR count). The average Bonchev–Trinajstić information content (AvgIpc) is 3.13. The average molecular weight is 390 g/mol. The van der Waals surface area contributed by atoms with Crippen molar-refractivity contribution in [3.63, 3.8) is 0 Å². The Morgan fingerprint density at radius 1 is 1.22 bits per heavy atom. The van der Waals surface area contributed by atoms with Crippen LogP contribution >= 0.6 is 11.6 Å². The monoisotopic (exact) mass is 389 g/mol. The molecule has 5 nitrogen and oxygen atoms in total. The second-order valence-electron chi connectivity index (χ2n) is 7.64. The van der Waals surface area contributed by atoms with Gasteiger partial charge in [-0.2, -0.15) is 0 Å². The van der Waals surface area contributed by atoms with E-state index in [4.69, 9.17) is 16.0 Å². The summed E-state index contributed by atoms with van der Waals surface area (Å²) in [5, 5.41) is 8.79. The van der Waals surface area contributed by atoms with Crippen molar-refractivity contribution in [2.24, 2.45) is 5.92 Å². The van der Waals surface area contributed by atoms with E-state index in [2.05, 4.69) is 10.2 Å². The molecule has 146 valence electrons. The Bertz CT molecular complexity index is 753. The van der Waals surface area contributed by atoms with Gasteiger partial charge in [0.25, 0.3) is 0 Å². The highest BCUT2D eigenvalue weighted by Crippen LogP contribution is 2.28. The Morgan fingerprint density at radius 3 is 2.67 bits per heavy atom. The van der Waals surface area contributed by atoms with E-state index in [0.717, 1.165) is 6.42 Å². The Morgan fingerprint density at radius 2 is 1.96 bits per heavy atom. The molecule has 0 atom stereocenters. The van der Waals surface area contributed by atoms with Crippen LogP contribution in [-0.4, -0.2) is 27.0 Å². The minimum Gasteiger partial charge on any atom is -0.419 e. The summed E-state index contributed by atoms with van der Waals surface area (Å²) in [6, 6.07) is 7.44. The zero-order valence-corrected chi connectivity index (χ0v) is 16.9. The molecule has 6 heteroatoms. The van der Waals surface area contributed by atoms with E-state index in [1.165, 1.54) is 32.1 Å². The van der Waals surface area contributed by atoms with Gasteiger partial charge in [0.2, 0.25) is 17.7 Å². The van der Waals surface area contributed by atoms with Gasteiger partial charge in [-0.25, -0.2) is 0 Å². The molecule has 1 aliphatic carbocycles. The van der Waals surface area contributed by atoms with Crippen LogP contribution in [-0.2, 0) is 11.3 Å². The molecule has 1 aromatic carbocycles. The molecule has 1 heterocycles. The highest BCUT2D eigenvalue weighted by molar-refractivity contribution is 6.33. The zero-order valence-electron chi connectivity index (χ0n) is 16.2. The summed E-state index contributed by atoms with van der Waals surface area (Å²) >= 11 is 6.20. The van der Waals surface area contributed by atoms with E-state index in [1.807, 2.05) is 36.9 Å². The summed E-state index contributed by atoms with van der Waals surface area (Å²) < 4.78 is 5.78. The van der Waals surface area contributed by atoms with E-state index < -0.39 is 0 Å². The number of halogens is 1. The van der Waals surface area contributed by atoms with Crippen molar-refractivity contribution in [2.45, 2.75) is 71.4 Å². The zero-order chi connectivity index (χ0) is 19.2. The molecule has 0 unspecified atom stereocenters. The topological polar surface area (TPSA) is 59.2 Å². The quantitative estimate of drug-likeness (QED) is 0.628. The van der Waals surface area contributed by atoms with Gasteiger partial charge in [-0.3, -0.25) is 4.79 Å². The lowest BCUT2D eigenvalue weighted by molar-refractivity contribution is -0.134. The maximum atomic E-state index is 12.8. The van der Waals surface area contributed by atoms with Crippen LogP contribution in [0.2, 0.25) is 5.02 Å². The van der Waals surface area contributed by atoms with Crippen LogP contribution in [0.25, 0.3) is 11.5 Å². The van der Waals surface area contributed by atoms with Crippen LogP contribution in [0.3, 0.4) is 0 Å². The third-order valence-corrected chi connectivity index (χ3v) is 5.64. The van der Waals surface area contributed by atoms with Crippen LogP contribution in [0.4, 0.5) is 0 Å². The summed E-state index contributed by atoms with van der Waals surface area (Å²) in [6.07, 6.45) is 8.05. The molecule has 0 aliphatic heterocycles. The van der Waals surface area contributed by atoms with Gasteiger partial charge in [0.05, 0.1) is 17.1 Å². The first-order chi connectivity index (χ1) is 13.0. The summed E-state index contributed by atoms with van der Waals surface area (Å²) in [5.41, 5.74) is 0.706. The lowest BCUT2D eigenvalue weighted by atomic mass is 9.86. The molecule has 1 fully saturated rings. The van der Waals surface area contributed by atoms with Crippen LogP contribution < -0.4 is 0 Å². The van der Waals surface area contributed by atoms with Gasteiger partial charge >= 0.3 is 0 Å². The molecule has 27 heavy (non-hydrogen) atoms. The molecule has 2 aromatic rings. The predicted octanol–water partition coefficient (Wildman–Crippen LogP) is 5.49. The van der Waals surface area contributed by atoms with E-state index in [-0.39, 0.29) is 11.9 Å². The van der Waals surface area contributed by atoms with Crippen molar-refractivity contribution in [1.29, 1.82) is 0 Å². The predicted molar refractivity (Wildman–Crippen MR) is 106 cm³/mol. The summed E-state index contributed by atoms with van der Waals surface area (Å²) in [4.78, 5) is 14.6. The molecule has 1 aromatic heterocycles. The lowest BCUT2D eigenvalue weighted by Gasteiger charge is -2.27. The molecule has 0 bridgehead atoms. The minimum absolute atomic E-state index is 0.0829. The second kappa shape index (κ2) is 9.36. The first-order valence-electron chi connectivity index (χ1n) is 9.91. The van der Waals surface area contributed by atoms with Gasteiger partial charge in [-0.1, -0.05) is 55.8 Å². The SMILES string of the molecule is CC(C)N(Cc1nnc(-c2ccccc2Cl)o1)C(=O)CCC1CCCCC1. The van der Waals surface area contributed by atoms with Crippen molar-refractivity contribution in [3.8, 4) is 11.5 Å². The van der Waals surface area contributed by atoms with Crippen LogP contribution in [0.1, 0.15) is 64.7 Å². The van der Waals surface area contributed by atoms with E-state index in [9.17, 15) is 4.79 Å². The van der Waals surface area contributed by atoms with Crippen molar-refractivity contribution in [1.82, 2.24) is 15.1 Å². The summed E-state index contributed by atoms with van der Waals surface area (Å²) in [5.74, 6) is 1.68. The number of nitrogens with zero attached hydrogens (tertiary/aromatic N) is 3. The fraction of sp³-hybridized carbons (Fsp3) is 0.571. The molecule has 0 radical (unpaired) electrons. The largest absolute Gasteiger partial charge is 0.419 e. The summed E-state index contributed by atoms with van der Waals surface area (Å²) in [6.45, 7) is 4.37. The first-order valence-corrected chi connectivity index (χ1v) is 10.3. The van der Waals surface area contributed by atoms with E-state index >= 15 is 0 Å². The normalized spacial score (nSPS) is 15.3. The maximum absolute atomic E-state index is 12.8. The Labute approximate surface area is 166 Å². The Kier molecular flexibility index (Phi) is 6.89. The molecule has 0 N–H and O–H groups in total. The van der Waals surface area contributed by atoms with Crippen LogP contribution in [0.5, 0.6) is 0 Å². The van der Waals surface area contributed by atoms with E-state index in [1.54, 1.807) is 6.07 Å². The molecule has 0 spiro atoms. The number of aromatic nitrogens is 2. The Balaban J connectivity index is 1.62. The second-order valence-corrected chi connectivity index (χ2v) is 8.05.